The first kappa shape index (κ1) is 15.2. The van der Waals surface area contributed by atoms with Crippen molar-refractivity contribution in [2.45, 2.75) is 11.7 Å². The van der Waals surface area contributed by atoms with E-state index >= 15 is 0 Å². The van der Waals surface area contributed by atoms with Gasteiger partial charge in [-0.25, -0.2) is 8.42 Å². The molecule has 98 valence electrons. The molecule has 0 bridgehead atoms. The van der Waals surface area contributed by atoms with E-state index in [1.807, 2.05) is 0 Å². The average molecular weight is 307 g/mol. The molecule has 0 saturated carbocycles. The fourth-order valence-electron chi connectivity index (χ4n) is 1.49. The van der Waals surface area contributed by atoms with Crippen molar-refractivity contribution in [3.05, 3.63) is 47.5 Å². The van der Waals surface area contributed by atoms with Gasteiger partial charge in [-0.15, -0.1) is 6.58 Å². The van der Waals surface area contributed by atoms with Crippen LogP contribution in [-0.4, -0.2) is 19.4 Å². The van der Waals surface area contributed by atoms with Gasteiger partial charge in [0.1, 0.15) is 5.25 Å². The van der Waals surface area contributed by atoms with Crippen molar-refractivity contribution in [2.75, 3.05) is 5.75 Å². The summed E-state index contributed by atoms with van der Waals surface area (Å²) in [5.41, 5.74) is 0.566. The van der Waals surface area contributed by atoms with Crippen molar-refractivity contribution in [2.24, 2.45) is 0 Å². The molecular weight excluding hydrogens is 295 g/mol. The Morgan fingerprint density at radius 1 is 1.33 bits per heavy atom. The number of sulfone groups is 1. The van der Waals surface area contributed by atoms with Crippen molar-refractivity contribution < 1.29 is 13.2 Å². The molecule has 0 heterocycles. The topological polar surface area (TPSA) is 51.2 Å². The second-order valence-corrected chi connectivity index (χ2v) is 6.78. The highest BCUT2D eigenvalue weighted by molar-refractivity contribution is 7.91. The maximum absolute atomic E-state index is 12.0. The van der Waals surface area contributed by atoms with Crippen LogP contribution in [0.25, 0.3) is 0 Å². The van der Waals surface area contributed by atoms with Crippen LogP contribution in [0, 0.1) is 0 Å². The molecule has 0 radical (unpaired) electrons. The standard InChI is InChI=1S/C12H12Cl2O3S/c1-2-11(9-3-5-10(13)6-4-9)18(16,17)8-7-12(14)15/h2-6,11H,1,7-8H2. The Morgan fingerprint density at radius 3 is 2.33 bits per heavy atom. The van der Waals surface area contributed by atoms with Crippen molar-refractivity contribution in [1.29, 1.82) is 0 Å². The summed E-state index contributed by atoms with van der Waals surface area (Å²) in [5, 5.41) is -1.00. The Morgan fingerprint density at radius 2 is 1.89 bits per heavy atom. The van der Waals surface area contributed by atoms with Gasteiger partial charge < -0.3 is 0 Å². The van der Waals surface area contributed by atoms with Crippen LogP contribution in [-0.2, 0) is 14.6 Å². The SMILES string of the molecule is C=CC(c1ccc(Cl)cc1)S(=O)(=O)CCC(=O)Cl. The number of carbonyl (C=O) groups excluding carboxylic acids is 1. The van der Waals surface area contributed by atoms with E-state index in [-0.39, 0.29) is 12.2 Å². The fourth-order valence-corrected chi connectivity index (χ4v) is 3.41. The highest BCUT2D eigenvalue weighted by Gasteiger charge is 2.24. The predicted octanol–water partition coefficient (Wildman–Crippen LogP) is 3.14. The second kappa shape index (κ2) is 6.36. The Kier molecular flexibility index (Phi) is 5.38. The summed E-state index contributed by atoms with van der Waals surface area (Å²) in [7, 11) is -3.50. The number of hydrogen-bond acceptors (Lipinski definition) is 3. The number of rotatable bonds is 6. The molecule has 0 aliphatic rings. The maximum Gasteiger partial charge on any atom is 0.222 e. The van der Waals surface area contributed by atoms with Gasteiger partial charge in [0.25, 0.3) is 0 Å². The minimum absolute atomic E-state index is 0.207. The van der Waals surface area contributed by atoms with E-state index < -0.39 is 20.3 Å². The first-order chi connectivity index (χ1) is 8.36. The van der Waals surface area contributed by atoms with Crippen molar-refractivity contribution in [3.63, 3.8) is 0 Å². The third-order valence-corrected chi connectivity index (χ3v) is 4.84. The zero-order valence-corrected chi connectivity index (χ0v) is 11.8. The lowest BCUT2D eigenvalue weighted by atomic mass is 10.1. The van der Waals surface area contributed by atoms with Crippen LogP contribution in [0.4, 0.5) is 0 Å². The quantitative estimate of drug-likeness (QED) is 0.599. The molecular formula is C12H12Cl2O3S. The number of hydrogen-bond donors (Lipinski definition) is 0. The monoisotopic (exact) mass is 306 g/mol. The zero-order valence-electron chi connectivity index (χ0n) is 9.47. The summed E-state index contributed by atoms with van der Waals surface area (Å²) in [6, 6.07) is 6.45. The summed E-state index contributed by atoms with van der Waals surface area (Å²) in [6.45, 7) is 3.52. The number of carbonyl (C=O) groups is 1. The predicted molar refractivity (Wildman–Crippen MR) is 73.7 cm³/mol. The van der Waals surface area contributed by atoms with Crippen molar-refractivity contribution in [1.82, 2.24) is 0 Å². The molecule has 1 atom stereocenters. The first-order valence-corrected chi connectivity index (χ1v) is 7.62. The summed E-state index contributed by atoms with van der Waals surface area (Å²) in [6.07, 6.45) is 1.12. The maximum atomic E-state index is 12.0. The van der Waals surface area contributed by atoms with Crippen LogP contribution in [0.5, 0.6) is 0 Å². The van der Waals surface area contributed by atoms with Gasteiger partial charge in [-0.3, -0.25) is 4.79 Å². The molecule has 0 amide bonds. The zero-order chi connectivity index (χ0) is 13.8. The highest BCUT2D eigenvalue weighted by atomic mass is 35.5. The highest BCUT2D eigenvalue weighted by Crippen LogP contribution is 2.26. The Balaban J connectivity index is 2.99. The normalized spacial score (nSPS) is 13.0. The van der Waals surface area contributed by atoms with Crippen LogP contribution < -0.4 is 0 Å². The van der Waals surface area contributed by atoms with Crippen LogP contribution in [0.3, 0.4) is 0 Å². The lowest BCUT2D eigenvalue weighted by molar-refractivity contribution is -0.111. The molecule has 18 heavy (non-hydrogen) atoms. The summed E-state index contributed by atoms with van der Waals surface area (Å²) < 4.78 is 24.1. The van der Waals surface area contributed by atoms with E-state index in [0.29, 0.717) is 10.6 Å². The lowest BCUT2D eigenvalue weighted by Crippen LogP contribution is -2.16. The third-order valence-electron chi connectivity index (χ3n) is 2.38. The number of halogens is 2. The largest absolute Gasteiger partial charge is 0.281 e. The molecule has 0 aromatic heterocycles. The fraction of sp³-hybridized carbons (Fsp3) is 0.250. The van der Waals surface area contributed by atoms with Crippen LogP contribution in [0.1, 0.15) is 17.2 Å². The molecule has 1 rings (SSSR count). The van der Waals surface area contributed by atoms with Gasteiger partial charge in [0.05, 0.1) is 5.75 Å². The molecule has 3 nitrogen and oxygen atoms in total. The van der Waals surface area contributed by atoms with E-state index in [1.54, 1.807) is 24.3 Å². The molecule has 0 spiro atoms. The Labute approximate surface area is 116 Å². The van der Waals surface area contributed by atoms with E-state index in [0.717, 1.165) is 0 Å². The third kappa shape index (κ3) is 4.12. The minimum atomic E-state index is -3.50. The molecule has 0 N–H and O–H groups in total. The molecule has 1 aromatic rings. The van der Waals surface area contributed by atoms with E-state index in [2.05, 4.69) is 6.58 Å². The molecule has 0 aliphatic carbocycles. The van der Waals surface area contributed by atoms with Gasteiger partial charge in [0.2, 0.25) is 5.24 Å². The van der Waals surface area contributed by atoms with Gasteiger partial charge in [0.15, 0.2) is 9.84 Å². The van der Waals surface area contributed by atoms with Gasteiger partial charge in [-0.05, 0) is 29.3 Å². The average Bonchev–Trinajstić information content (AvgIpc) is 2.30. The Hall–Kier alpha value is -0.840. The van der Waals surface area contributed by atoms with Crippen LogP contribution in [0.2, 0.25) is 5.02 Å². The van der Waals surface area contributed by atoms with Crippen LogP contribution in [0.15, 0.2) is 36.9 Å². The first-order valence-electron chi connectivity index (χ1n) is 5.14. The second-order valence-electron chi connectivity index (χ2n) is 3.68. The summed E-state index contributed by atoms with van der Waals surface area (Å²) in [4.78, 5) is 10.6. The summed E-state index contributed by atoms with van der Waals surface area (Å²) >= 11 is 10.9. The Bertz CT molecular complexity index is 535. The molecule has 6 heteroatoms. The van der Waals surface area contributed by atoms with Crippen LogP contribution >= 0.6 is 23.2 Å². The van der Waals surface area contributed by atoms with E-state index in [4.69, 9.17) is 23.2 Å². The molecule has 0 fully saturated rings. The van der Waals surface area contributed by atoms with E-state index in [9.17, 15) is 13.2 Å². The minimum Gasteiger partial charge on any atom is -0.281 e. The smallest absolute Gasteiger partial charge is 0.222 e. The van der Waals surface area contributed by atoms with Crippen molar-refractivity contribution >= 4 is 38.3 Å². The van der Waals surface area contributed by atoms with E-state index in [1.165, 1.54) is 6.08 Å². The summed E-state index contributed by atoms with van der Waals surface area (Å²) in [5.74, 6) is -0.297. The van der Waals surface area contributed by atoms with Gasteiger partial charge in [0, 0.05) is 11.4 Å². The molecule has 0 aliphatic heterocycles. The van der Waals surface area contributed by atoms with Gasteiger partial charge in [-0.2, -0.15) is 0 Å². The molecule has 1 unspecified atom stereocenters. The van der Waals surface area contributed by atoms with Gasteiger partial charge in [-0.1, -0.05) is 29.8 Å². The molecule has 0 saturated heterocycles. The van der Waals surface area contributed by atoms with Crippen molar-refractivity contribution in [3.8, 4) is 0 Å². The number of benzene rings is 1. The van der Waals surface area contributed by atoms with Gasteiger partial charge >= 0.3 is 0 Å². The molecule has 1 aromatic carbocycles. The lowest BCUT2D eigenvalue weighted by Gasteiger charge is -2.13.